The summed E-state index contributed by atoms with van der Waals surface area (Å²) in [5.41, 5.74) is -1.34. The second kappa shape index (κ2) is 6.70. The van der Waals surface area contributed by atoms with E-state index in [1.165, 1.54) is 19.3 Å². The number of epoxide rings is 1. The second-order valence-corrected chi connectivity index (χ2v) is 11.8. The molecular weight excluding hydrogens is 424 g/mol. The van der Waals surface area contributed by atoms with E-state index in [1.54, 1.807) is 6.07 Å². The highest BCUT2D eigenvalue weighted by atomic mass is 16.7. The molecular formula is C26H34O7. The normalized spacial score (nSPS) is 52.2. The maximum atomic E-state index is 12.1. The van der Waals surface area contributed by atoms with E-state index in [4.69, 9.17) is 13.9 Å². The molecule has 0 bridgehead atoms. The third-order valence-corrected chi connectivity index (χ3v) is 10.6. The van der Waals surface area contributed by atoms with Crippen LogP contribution in [0.2, 0.25) is 0 Å². The zero-order chi connectivity index (χ0) is 23.4. The molecule has 1 saturated heterocycles. The average molecular weight is 459 g/mol. The highest BCUT2D eigenvalue weighted by Gasteiger charge is 2.85. The van der Waals surface area contributed by atoms with E-state index < -0.39 is 29.0 Å². The lowest BCUT2D eigenvalue weighted by molar-refractivity contribution is -0.224. The molecule has 2 N–H and O–H groups in total. The molecule has 0 aromatic carbocycles. The summed E-state index contributed by atoms with van der Waals surface area (Å²) < 4.78 is 17.7. The summed E-state index contributed by atoms with van der Waals surface area (Å²) in [7, 11) is 0. The predicted octanol–water partition coefficient (Wildman–Crippen LogP) is 2.91. The lowest BCUT2D eigenvalue weighted by Crippen LogP contribution is -2.65. The van der Waals surface area contributed by atoms with Gasteiger partial charge in [-0.3, -0.25) is 4.79 Å². The third kappa shape index (κ3) is 2.62. The van der Waals surface area contributed by atoms with Gasteiger partial charge in [-0.05, 0) is 67.4 Å². The molecule has 0 amide bonds. The number of esters is 1. The Morgan fingerprint density at radius 1 is 1.09 bits per heavy atom. The minimum absolute atomic E-state index is 0.118. The molecule has 6 rings (SSSR count). The maximum Gasteiger partial charge on any atom is 0.335 e. The smallest absolute Gasteiger partial charge is 0.335 e. The fourth-order valence-corrected chi connectivity index (χ4v) is 9.10. The van der Waals surface area contributed by atoms with Crippen molar-refractivity contribution in [2.45, 2.75) is 101 Å². The maximum absolute atomic E-state index is 12.1. The Kier molecular flexibility index (Phi) is 4.43. The van der Waals surface area contributed by atoms with Gasteiger partial charge < -0.3 is 24.1 Å². The van der Waals surface area contributed by atoms with Gasteiger partial charge in [0.15, 0.2) is 0 Å². The summed E-state index contributed by atoms with van der Waals surface area (Å²) in [5, 5.41) is 22.0. The van der Waals surface area contributed by atoms with Crippen LogP contribution < -0.4 is 5.63 Å². The summed E-state index contributed by atoms with van der Waals surface area (Å²) in [6.45, 7) is 5.89. The van der Waals surface area contributed by atoms with E-state index >= 15 is 0 Å². The fraction of sp³-hybridized carbons (Fsp3) is 0.769. The number of carbonyl (C=O) groups excluding carboxylic acids is 1. The first-order valence-corrected chi connectivity index (χ1v) is 12.4. The number of aliphatic hydroxyl groups excluding tert-OH is 1. The van der Waals surface area contributed by atoms with Gasteiger partial charge >= 0.3 is 11.6 Å². The van der Waals surface area contributed by atoms with Crippen molar-refractivity contribution >= 4 is 5.97 Å². The van der Waals surface area contributed by atoms with E-state index in [2.05, 4.69) is 13.8 Å². The second-order valence-electron chi connectivity index (χ2n) is 11.8. The molecule has 0 unspecified atom stereocenters. The number of rotatable bonds is 2. The Morgan fingerprint density at radius 3 is 2.52 bits per heavy atom. The lowest BCUT2D eigenvalue weighted by Gasteiger charge is -2.63. The first kappa shape index (κ1) is 21.8. The molecule has 4 aliphatic carbocycles. The van der Waals surface area contributed by atoms with Crippen molar-refractivity contribution in [1.82, 2.24) is 0 Å². The minimum atomic E-state index is -0.850. The van der Waals surface area contributed by atoms with Crippen molar-refractivity contribution in [1.29, 1.82) is 0 Å². The molecule has 7 heteroatoms. The zero-order valence-electron chi connectivity index (χ0n) is 19.6. The van der Waals surface area contributed by atoms with Gasteiger partial charge in [0, 0.05) is 30.7 Å². The van der Waals surface area contributed by atoms with Crippen LogP contribution in [0.3, 0.4) is 0 Å². The molecule has 1 aromatic rings. The monoisotopic (exact) mass is 458 g/mol. The number of hydrogen-bond donors (Lipinski definition) is 2. The third-order valence-electron chi connectivity index (χ3n) is 10.6. The van der Waals surface area contributed by atoms with Crippen LogP contribution in [0.25, 0.3) is 0 Å². The largest absolute Gasteiger partial charge is 0.459 e. The highest BCUT2D eigenvalue weighted by molar-refractivity contribution is 5.66. The molecule has 5 aliphatic rings. The molecule has 1 aromatic heterocycles. The molecule has 33 heavy (non-hydrogen) atoms. The first-order valence-electron chi connectivity index (χ1n) is 12.4. The van der Waals surface area contributed by atoms with Crippen LogP contribution in [0, 0.1) is 22.7 Å². The zero-order valence-corrected chi connectivity index (χ0v) is 19.6. The van der Waals surface area contributed by atoms with Gasteiger partial charge in [-0.2, -0.15) is 0 Å². The standard InChI is InChI=1S/C26H34O7/c1-14(27)32-21-20(15-4-5-19(29)31-13-15)24(3)10-7-17-18(26(24)22(21)33-26)8-11-25(30)12-16(28)6-9-23(17,25)2/h4-5,13,16-18,20-22,28,30H,6-12H2,1-3H3/t16-,17-,18+,20-,21+,22+,23+,24+,25-,26-/m0/s1. The Balaban J connectivity index is 1.42. The van der Waals surface area contributed by atoms with Gasteiger partial charge in [0.25, 0.3) is 0 Å². The molecule has 4 saturated carbocycles. The van der Waals surface area contributed by atoms with Gasteiger partial charge in [0.2, 0.25) is 0 Å². The number of hydrogen-bond acceptors (Lipinski definition) is 7. The average Bonchev–Trinajstić information content (AvgIpc) is 3.45. The SMILES string of the molecule is CC(=O)O[C@H]1[C@H]2O[C@@]23[C@@H]2CC[C@]4(O)C[C@@H](O)CC[C@]4(C)[C@H]2CC[C@]3(C)[C@H]1c1ccc(=O)oc1. The van der Waals surface area contributed by atoms with E-state index in [1.807, 2.05) is 0 Å². The summed E-state index contributed by atoms with van der Waals surface area (Å²) in [6, 6.07) is 3.23. The summed E-state index contributed by atoms with van der Waals surface area (Å²) >= 11 is 0. The van der Waals surface area contributed by atoms with Crippen LogP contribution in [-0.4, -0.2) is 45.7 Å². The molecule has 1 aliphatic heterocycles. The van der Waals surface area contributed by atoms with Crippen LogP contribution in [0.5, 0.6) is 0 Å². The lowest BCUT2D eigenvalue weighted by atomic mass is 9.42. The van der Waals surface area contributed by atoms with E-state index in [-0.39, 0.29) is 40.7 Å². The molecule has 1 spiro atoms. The van der Waals surface area contributed by atoms with Gasteiger partial charge in [0.1, 0.15) is 17.8 Å². The number of carbonyl (C=O) groups is 1. The fourth-order valence-electron chi connectivity index (χ4n) is 9.10. The molecule has 2 heterocycles. The number of aliphatic hydroxyl groups is 2. The van der Waals surface area contributed by atoms with E-state index in [0.29, 0.717) is 12.8 Å². The molecule has 0 radical (unpaired) electrons. The molecule has 180 valence electrons. The van der Waals surface area contributed by atoms with Gasteiger partial charge in [-0.15, -0.1) is 0 Å². The number of ether oxygens (including phenoxy) is 2. The molecule has 5 fully saturated rings. The molecule has 10 atom stereocenters. The Hall–Kier alpha value is -1.70. The van der Waals surface area contributed by atoms with E-state index in [9.17, 15) is 19.8 Å². The first-order chi connectivity index (χ1) is 15.6. The highest BCUT2D eigenvalue weighted by Crippen LogP contribution is 2.78. The predicted molar refractivity (Wildman–Crippen MR) is 117 cm³/mol. The van der Waals surface area contributed by atoms with Crippen molar-refractivity contribution in [3.63, 3.8) is 0 Å². The minimum Gasteiger partial charge on any atom is -0.459 e. The van der Waals surface area contributed by atoms with E-state index in [0.717, 1.165) is 37.7 Å². The van der Waals surface area contributed by atoms with Crippen molar-refractivity contribution < 1.29 is 28.9 Å². The van der Waals surface area contributed by atoms with Crippen molar-refractivity contribution in [3.8, 4) is 0 Å². The van der Waals surface area contributed by atoms with Crippen LogP contribution in [0.1, 0.15) is 77.2 Å². The van der Waals surface area contributed by atoms with Crippen LogP contribution in [0.4, 0.5) is 0 Å². The van der Waals surface area contributed by atoms with Crippen LogP contribution in [-0.2, 0) is 14.3 Å². The Bertz CT molecular complexity index is 1030. The van der Waals surface area contributed by atoms with Gasteiger partial charge in [-0.1, -0.05) is 13.8 Å². The summed E-state index contributed by atoms with van der Waals surface area (Å²) in [5.74, 6) is 0.0816. The quantitative estimate of drug-likeness (QED) is 0.518. The topological polar surface area (TPSA) is 110 Å². The van der Waals surface area contributed by atoms with Crippen LogP contribution in [0.15, 0.2) is 27.6 Å². The van der Waals surface area contributed by atoms with Gasteiger partial charge in [0.05, 0.1) is 18.0 Å². The summed E-state index contributed by atoms with van der Waals surface area (Å²) in [4.78, 5) is 23.7. The van der Waals surface area contributed by atoms with Crippen LogP contribution >= 0.6 is 0 Å². The summed E-state index contributed by atoms with van der Waals surface area (Å²) in [6.07, 6.45) is 5.74. The number of fused-ring (bicyclic) bond motifs is 3. The van der Waals surface area contributed by atoms with Crippen molar-refractivity contribution in [2.75, 3.05) is 0 Å². The van der Waals surface area contributed by atoms with Crippen molar-refractivity contribution in [3.05, 3.63) is 34.4 Å². The molecule has 7 nitrogen and oxygen atoms in total. The van der Waals surface area contributed by atoms with Gasteiger partial charge in [-0.25, -0.2) is 4.79 Å². The Morgan fingerprint density at radius 2 is 1.82 bits per heavy atom. The Labute approximate surface area is 193 Å². The van der Waals surface area contributed by atoms with Crippen molar-refractivity contribution in [2.24, 2.45) is 22.7 Å².